The number of carbonyl (C=O) groups is 4. The van der Waals surface area contributed by atoms with Gasteiger partial charge in [0.1, 0.15) is 29.6 Å². The molecule has 1 aromatic heterocycles. The zero-order chi connectivity index (χ0) is 36.6. The Balaban J connectivity index is 0. The van der Waals surface area contributed by atoms with Crippen LogP contribution in [-0.4, -0.2) is 40.9 Å². The Morgan fingerprint density at radius 2 is 1.38 bits per heavy atom. The molecule has 7 nitrogen and oxygen atoms in total. The number of imide groups is 1. The van der Waals surface area contributed by atoms with Crippen LogP contribution in [-0.2, 0) is 27.0 Å². The first kappa shape index (κ1) is 44.7. The molecule has 10 heteroatoms. The summed E-state index contributed by atoms with van der Waals surface area (Å²) >= 11 is 0. The lowest BCUT2D eigenvalue weighted by atomic mass is 9.98. The zero-order valence-electron chi connectivity index (χ0n) is 28.9. The van der Waals surface area contributed by atoms with Crippen molar-refractivity contribution in [2.24, 2.45) is 0 Å². The number of unbranched alkanes of at least 4 members (excludes halogenated alkanes) is 1. The molecule has 1 aliphatic heterocycles. The summed E-state index contributed by atoms with van der Waals surface area (Å²) in [6, 6.07) is 15.9. The van der Waals surface area contributed by atoms with Gasteiger partial charge in [-0.05, 0) is 30.3 Å². The standard InChI is InChI=1S/C26H20F3NO5.C4H10.3C2H6.CH2O/c27-26(28,29)19-9-5-4-8-18(19)22-13-11-17(35-22)10-12-20(31)23-21(32)14-15-30(25(23)34)24(33)16-6-2-1-3-7-16;1-3-4-2;4*1-2/h1-9,11,13,31H,10,12,14-15H2;3-4H2,1-2H3;3*1-2H3;1H2/b23-20-;;;;;. The Kier molecular flexibility index (Phi) is 23.5. The fraction of sp³-hybridized carbons (Fsp3) is 0.405. The molecule has 2 amide bonds. The minimum Gasteiger partial charge on any atom is -0.511 e. The van der Waals surface area contributed by atoms with Crippen molar-refractivity contribution >= 4 is 24.4 Å². The van der Waals surface area contributed by atoms with Crippen molar-refractivity contribution in [3.8, 4) is 11.3 Å². The number of aliphatic hydroxyl groups excluding tert-OH is 1. The number of alkyl halides is 3. The maximum absolute atomic E-state index is 13.3. The predicted octanol–water partition coefficient (Wildman–Crippen LogP) is 10.1. The van der Waals surface area contributed by atoms with Crippen LogP contribution in [0.1, 0.15) is 103 Å². The van der Waals surface area contributed by atoms with Gasteiger partial charge in [0.15, 0.2) is 5.78 Å². The summed E-state index contributed by atoms with van der Waals surface area (Å²) in [4.78, 5) is 46.8. The highest BCUT2D eigenvalue weighted by Gasteiger charge is 2.36. The quantitative estimate of drug-likeness (QED) is 0.122. The van der Waals surface area contributed by atoms with Crippen molar-refractivity contribution in [1.29, 1.82) is 0 Å². The van der Waals surface area contributed by atoms with E-state index in [2.05, 4.69) is 13.8 Å². The lowest BCUT2D eigenvalue weighted by molar-refractivity contribution is -0.137. The molecule has 0 unspecified atom stereocenters. The van der Waals surface area contributed by atoms with Gasteiger partial charge in [-0.25, -0.2) is 0 Å². The van der Waals surface area contributed by atoms with Crippen molar-refractivity contribution in [3.63, 3.8) is 0 Å². The summed E-state index contributed by atoms with van der Waals surface area (Å²) in [6.45, 7) is 18.3. The molecule has 0 radical (unpaired) electrons. The van der Waals surface area contributed by atoms with Gasteiger partial charge in [-0.15, -0.1) is 0 Å². The maximum Gasteiger partial charge on any atom is 0.417 e. The van der Waals surface area contributed by atoms with Crippen LogP contribution in [0.3, 0.4) is 0 Å². The molecule has 1 saturated heterocycles. The molecule has 0 saturated carbocycles. The lowest BCUT2D eigenvalue weighted by Gasteiger charge is -2.26. The van der Waals surface area contributed by atoms with E-state index in [1.807, 2.05) is 48.3 Å². The third-order valence-corrected chi connectivity index (χ3v) is 6.12. The largest absolute Gasteiger partial charge is 0.511 e. The number of hydrogen-bond donors (Lipinski definition) is 1. The third-order valence-electron chi connectivity index (χ3n) is 6.12. The summed E-state index contributed by atoms with van der Waals surface area (Å²) in [5, 5.41) is 10.5. The summed E-state index contributed by atoms with van der Waals surface area (Å²) in [5.41, 5.74) is -1.15. The molecule has 1 fully saturated rings. The van der Waals surface area contributed by atoms with Crippen LogP contribution in [0.4, 0.5) is 13.2 Å². The second-order valence-corrected chi connectivity index (χ2v) is 8.93. The Morgan fingerprint density at radius 1 is 0.851 bits per heavy atom. The number of nitrogens with zero attached hydrogens (tertiary/aromatic N) is 1. The molecule has 2 heterocycles. The number of aliphatic hydroxyl groups is 1. The summed E-state index contributed by atoms with van der Waals surface area (Å²) < 4.78 is 45.4. The second kappa shape index (κ2) is 24.7. The number of allylic oxidation sites excluding steroid dienone is 1. The smallest absolute Gasteiger partial charge is 0.417 e. The van der Waals surface area contributed by atoms with Crippen LogP contribution in [0.15, 0.2) is 82.5 Å². The highest BCUT2D eigenvalue weighted by atomic mass is 19.4. The molecule has 0 atom stereocenters. The van der Waals surface area contributed by atoms with E-state index in [-0.39, 0.29) is 48.5 Å². The van der Waals surface area contributed by atoms with Crippen molar-refractivity contribution in [2.45, 2.75) is 93.7 Å². The first-order valence-corrected chi connectivity index (χ1v) is 16.0. The monoisotopic (exact) mass is 661 g/mol. The van der Waals surface area contributed by atoms with Gasteiger partial charge in [-0.3, -0.25) is 19.3 Å². The van der Waals surface area contributed by atoms with Gasteiger partial charge < -0.3 is 14.3 Å². The fourth-order valence-electron chi connectivity index (χ4n) is 3.88. The summed E-state index contributed by atoms with van der Waals surface area (Å²) in [7, 11) is 0. The molecule has 2 aromatic carbocycles. The average molecular weight is 662 g/mol. The van der Waals surface area contributed by atoms with Gasteiger partial charge in [0, 0.05) is 36.9 Å². The predicted molar refractivity (Wildman–Crippen MR) is 181 cm³/mol. The lowest BCUT2D eigenvalue weighted by Crippen LogP contribution is -2.45. The van der Waals surface area contributed by atoms with E-state index in [0.717, 1.165) is 11.0 Å². The van der Waals surface area contributed by atoms with Crippen molar-refractivity contribution in [1.82, 2.24) is 4.90 Å². The zero-order valence-corrected chi connectivity index (χ0v) is 28.9. The van der Waals surface area contributed by atoms with Crippen LogP contribution in [0, 0.1) is 0 Å². The molecule has 1 N–H and O–H groups in total. The topological polar surface area (TPSA) is 105 Å². The SMILES string of the molecule is C=O.CC.CC.CC.CCCC.O=C1CCN(C(=O)c2ccccc2)C(=O)/C1=C(\O)CCc1ccc(-c2ccccc2C(F)(F)F)o1. The number of amides is 2. The Bertz CT molecular complexity index is 1360. The van der Waals surface area contributed by atoms with Crippen LogP contribution < -0.4 is 0 Å². The molecule has 0 bridgehead atoms. The number of hydrogen-bond acceptors (Lipinski definition) is 6. The van der Waals surface area contributed by atoms with Gasteiger partial charge in [0.25, 0.3) is 11.8 Å². The number of furan rings is 1. The molecular formula is C37H50F3NO6. The number of likely N-dealkylation sites (tertiary alicyclic amines) is 1. The Labute approximate surface area is 277 Å². The second-order valence-electron chi connectivity index (χ2n) is 8.93. The van der Waals surface area contributed by atoms with E-state index >= 15 is 0 Å². The molecular weight excluding hydrogens is 611 g/mol. The molecule has 47 heavy (non-hydrogen) atoms. The first-order chi connectivity index (χ1) is 22.6. The van der Waals surface area contributed by atoms with Gasteiger partial charge in [-0.1, -0.05) is 105 Å². The van der Waals surface area contributed by atoms with Gasteiger partial charge in [0.2, 0.25) is 0 Å². The Hall–Kier alpha value is -4.47. The first-order valence-electron chi connectivity index (χ1n) is 16.0. The van der Waals surface area contributed by atoms with Gasteiger partial charge in [-0.2, -0.15) is 13.2 Å². The van der Waals surface area contributed by atoms with Crippen LogP contribution >= 0.6 is 0 Å². The average Bonchev–Trinajstić information content (AvgIpc) is 3.60. The number of halogens is 3. The fourth-order valence-corrected chi connectivity index (χ4v) is 3.88. The number of rotatable bonds is 6. The number of aryl methyl sites for hydroxylation is 1. The van der Waals surface area contributed by atoms with Crippen molar-refractivity contribution in [2.75, 3.05) is 6.54 Å². The maximum atomic E-state index is 13.3. The minimum absolute atomic E-state index is 0.00419. The molecule has 0 aliphatic carbocycles. The van der Waals surface area contributed by atoms with Gasteiger partial charge in [0.05, 0.1) is 5.56 Å². The van der Waals surface area contributed by atoms with Crippen LogP contribution in [0.2, 0.25) is 0 Å². The minimum atomic E-state index is -4.56. The normalized spacial score (nSPS) is 13.0. The van der Waals surface area contributed by atoms with Crippen molar-refractivity contribution in [3.05, 3.63) is 94.9 Å². The molecule has 0 spiro atoms. The third kappa shape index (κ3) is 13.8. The number of benzene rings is 2. The van der Waals surface area contributed by atoms with Gasteiger partial charge >= 0.3 is 6.18 Å². The number of ketones is 1. The summed E-state index contributed by atoms with van der Waals surface area (Å²) in [5.74, 6) is -2.27. The highest BCUT2D eigenvalue weighted by molar-refractivity contribution is 6.25. The summed E-state index contributed by atoms with van der Waals surface area (Å²) in [6.07, 6.45) is -2.19. The van der Waals surface area contributed by atoms with E-state index in [4.69, 9.17) is 9.21 Å². The number of carbonyl (C=O) groups excluding carboxylic acids is 4. The Morgan fingerprint density at radius 3 is 1.91 bits per heavy atom. The number of piperidine rings is 1. The molecule has 1 aliphatic rings. The number of Topliss-reactive ketones (excluding diaryl/α,β-unsaturated/α-hetero) is 1. The highest BCUT2D eigenvalue weighted by Crippen LogP contribution is 2.37. The van der Waals surface area contributed by atoms with E-state index in [1.54, 1.807) is 30.3 Å². The molecule has 3 aromatic rings. The van der Waals surface area contributed by atoms with Crippen LogP contribution in [0.25, 0.3) is 11.3 Å². The van der Waals surface area contributed by atoms with E-state index < -0.39 is 40.7 Å². The van der Waals surface area contributed by atoms with Crippen LogP contribution in [0.5, 0.6) is 0 Å². The van der Waals surface area contributed by atoms with E-state index in [0.29, 0.717) is 0 Å². The molecule has 260 valence electrons. The van der Waals surface area contributed by atoms with E-state index in [9.17, 15) is 32.7 Å². The van der Waals surface area contributed by atoms with E-state index in [1.165, 1.54) is 43.2 Å². The molecule has 4 rings (SSSR count). The van der Waals surface area contributed by atoms with Crippen molar-refractivity contribution < 1.29 is 41.9 Å².